The first kappa shape index (κ1) is 23.6. The fourth-order valence-corrected chi connectivity index (χ4v) is 4.14. The quantitative estimate of drug-likeness (QED) is 0.225. The lowest BCUT2D eigenvalue weighted by atomic mass is 10.2. The highest BCUT2D eigenvalue weighted by Crippen LogP contribution is 2.34. The number of methoxy groups -OCH3 is 1. The molecule has 33 heavy (non-hydrogen) atoms. The summed E-state index contributed by atoms with van der Waals surface area (Å²) in [5, 5.41) is 8.17. The number of aromatic amines is 1. The molecule has 0 fully saturated rings. The van der Waals surface area contributed by atoms with Crippen molar-refractivity contribution in [2.24, 2.45) is 0 Å². The van der Waals surface area contributed by atoms with Crippen LogP contribution in [0.2, 0.25) is 10.0 Å². The molecule has 0 saturated carbocycles. The smallest absolute Gasteiger partial charge is 0.214 e. The van der Waals surface area contributed by atoms with Crippen LogP contribution in [0.5, 0.6) is 11.5 Å². The first-order valence-corrected chi connectivity index (χ1v) is 11.8. The first-order chi connectivity index (χ1) is 16.0. The molecule has 0 bridgehead atoms. The molecule has 0 atom stereocenters. The molecular weight excluding hydrogens is 547 g/mol. The Balaban J connectivity index is 1.51. The molecule has 0 amide bonds. The van der Waals surface area contributed by atoms with E-state index in [0.29, 0.717) is 45.3 Å². The molecule has 0 radical (unpaired) electrons. The third-order valence-corrected chi connectivity index (χ3v) is 6.59. The van der Waals surface area contributed by atoms with Crippen LogP contribution in [0.3, 0.4) is 0 Å². The lowest BCUT2D eigenvalue weighted by Crippen LogP contribution is -2.16. The summed E-state index contributed by atoms with van der Waals surface area (Å²) in [6, 6.07) is 19.0. The van der Waals surface area contributed by atoms with Gasteiger partial charge in [0.15, 0.2) is 17.3 Å². The van der Waals surface area contributed by atoms with Crippen LogP contribution < -0.4 is 14.9 Å². The summed E-state index contributed by atoms with van der Waals surface area (Å²) in [7, 11) is 1.60. The van der Waals surface area contributed by atoms with Gasteiger partial charge in [-0.3, -0.25) is 0 Å². The monoisotopic (exact) mass is 564 g/mol. The van der Waals surface area contributed by atoms with Gasteiger partial charge < -0.3 is 14.9 Å². The minimum Gasteiger partial charge on any atom is -0.493 e. The van der Waals surface area contributed by atoms with Gasteiger partial charge >= 0.3 is 0 Å². The number of nitrogens with zero attached hydrogens (tertiary/aromatic N) is 2. The molecule has 0 spiro atoms. The minimum atomic E-state index is 0.321. The van der Waals surface area contributed by atoms with Gasteiger partial charge in [0, 0.05) is 10.0 Å². The molecule has 1 aromatic heterocycles. The summed E-state index contributed by atoms with van der Waals surface area (Å²) in [4.78, 5) is 0. The number of benzene rings is 3. The molecule has 0 aliphatic carbocycles. The Morgan fingerprint density at radius 2 is 1.85 bits per heavy atom. The van der Waals surface area contributed by atoms with Gasteiger partial charge in [-0.1, -0.05) is 75.5 Å². The van der Waals surface area contributed by atoms with E-state index in [4.69, 9.17) is 44.9 Å². The van der Waals surface area contributed by atoms with Crippen LogP contribution in [-0.2, 0) is 13.2 Å². The highest BCUT2D eigenvalue weighted by atomic mass is 79.9. The van der Waals surface area contributed by atoms with Crippen LogP contribution in [-0.4, -0.2) is 22.0 Å². The molecule has 2 N–H and O–H groups in total. The second kappa shape index (κ2) is 10.6. The Morgan fingerprint density at radius 3 is 2.58 bits per heavy atom. The Morgan fingerprint density at radius 1 is 1.06 bits per heavy atom. The van der Waals surface area contributed by atoms with Crippen molar-refractivity contribution in [3.8, 4) is 22.9 Å². The van der Waals surface area contributed by atoms with Gasteiger partial charge in [-0.2, -0.15) is 5.10 Å². The number of hydrogen-bond acceptors (Lipinski definition) is 5. The first-order valence-electron chi connectivity index (χ1n) is 9.86. The van der Waals surface area contributed by atoms with Gasteiger partial charge in [-0.15, -0.1) is 0 Å². The maximum atomic E-state index is 6.10. The van der Waals surface area contributed by atoms with Crippen molar-refractivity contribution in [3.63, 3.8) is 0 Å². The van der Waals surface area contributed by atoms with E-state index < -0.39 is 0 Å². The number of halogens is 3. The minimum absolute atomic E-state index is 0.321. The summed E-state index contributed by atoms with van der Waals surface area (Å²) in [6.45, 7) is 0.791. The number of nitrogens with one attached hydrogen (secondary N) is 2. The Bertz CT molecular complexity index is 1330. The molecule has 1 heterocycles. The predicted octanol–water partition coefficient (Wildman–Crippen LogP) is 7.01. The van der Waals surface area contributed by atoms with Crippen LogP contribution in [0.25, 0.3) is 11.4 Å². The number of rotatable bonds is 8. The summed E-state index contributed by atoms with van der Waals surface area (Å²) in [5.74, 6) is 1.91. The SMILES string of the molecule is COc1cc(CNn2c(-c3ccccc3)n[nH]c2=S)c(Br)cc1OCc1ccc(Cl)c(Cl)c1. The van der Waals surface area contributed by atoms with Crippen molar-refractivity contribution >= 4 is 51.3 Å². The lowest BCUT2D eigenvalue weighted by Gasteiger charge is -2.16. The zero-order valence-corrected chi connectivity index (χ0v) is 21.4. The van der Waals surface area contributed by atoms with E-state index in [-0.39, 0.29) is 0 Å². The van der Waals surface area contributed by atoms with E-state index in [2.05, 4.69) is 31.6 Å². The normalized spacial score (nSPS) is 10.8. The predicted molar refractivity (Wildman–Crippen MR) is 137 cm³/mol. The van der Waals surface area contributed by atoms with Gasteiger partial charge in [0.2, 0.25) is 4.77 Å². The van der Waals surface area contributed by atoms with Crippen molar-refractivity contribution in [2.45, 2.75) is 13.2 Å². The summed E-state index contributed by atoms with van der Waals surface area (Å²) in [6.07, 6.45) is 0. The van der Waals surface area contributed by atoms with Crippen molar-refractivity contribution in [1.29, 1.82) is 0 Å². The molecule has 6 nitrogen and oxygen atoms in total. The van der Waals surface area contributed by atoms with Gasteiger partial charge in [0.25, 0.3) is 0 Å². The van der Waals surface area contributed by atoms with Crippen molar-refractivity contribution in [2.75, 3.05) is 12.5 Å². The summed E-state index contributed by atoms with van der Waals surface area (Å²) in [5.41, 5.74) is 6.12. The Hall–Kier alpha value is -2.52. The Kier molecular flexibility index (Phi) is 7.60. The van der Waals surface area contributed by atoms with E-state index >= 15 is 0 Å². The summed E-state index contributed by atoms with van der Waals surface area (Å²) < 4.78 is 14.6. The van der Waals surface area contributed by atoms with Crippen molar-refractivity contribution in [1.82, 2.24) is 14.9 Å². The zero-order valence-electron chi connectivity index (χ0n) is 17.4. The molecule has 10 heteroatoms. The highest BCUT2D eigenvalue weighted by Gasteiger charge is 2.13. The molecule has 3 aromatic carbocycles. The lowest BCUT2D eigenvalue weighted by molar-refractivity contribution is 0.284. The van der Waals surface area contributed by atoms with E-state index in [9.17, 15) is 0 Å². The van der Waals surface area contributed by atoms with Crippen LogP contribution in [0, 0.1) is 4.77 Å². The highest BCUT2D eigenvalue weighted by molar-refractivity contribution is 9.10. The van der Waals surface area contributed by atoms with Crippen molar-refractivity contribution in [3.05, 3.63) is 91.1 Å². The topological polar surface area (TPSA) is 64.1 Å². The molecule has 4 rings (SSSR count). The van der Waals surface area contributed by atoms with Crippen molar-refractivity contribution < 1.29 is 9.47 Å². The number of aromatic nitrogens is 3. The van der Waals surface area contributed by atoms with Gasteiger partial charge in [0.05, 0.1) is 23.7 Å². The van der Waals surface area contributed by atoms with Gasteiger partial charge in [0.1, 0.15) is 6.61 Å². The van der Waals surface area contributed by atoms with Gasteiger partial charge in [-0.25, -0.2) is 9.77 Å². The second-order valence-corrected chi connectivity index (χ2v) is 9.08. The maximum absolute atomic E-state index is 6.10. The third kappa shape index (κ3) is 5.52. The van der Waals surface area contributed by atoms with Gasteiger partial charge in [-0.05, 0) is 47.6 Å². The van der Waals surface area contributed by atoms with Crippen LogP contribution in [0.1, 0.15) is 11.1 Å². The van der Waals surface area contributed by atoms with Crippen LogP contribution in [0.15, 0.2) is 65.1 Å². The molecule has 4 aromatic rings. The van der Waals surface area contributed by atoms with E-state index in [1.807, 2.05) is 48.5 Å². The van der Waals surface area contributed by atoms with E-state index in [1.54, 1.807) is 23.9 Å². The molecule has 0 aliphatic heterocycles. The maximum Gasteiger partial charge on any atom is 0.214 e. The molecular formula is C23H19BrCl2N4O2S. The second-order valence-electron chi connectivity index (χ2n) is 7.02. The van der Waals surface area contributed by atoms with Crippen LogP contribution >= 0.6 is 51.3 Å². The average molecular weight is 566 g/mol. The van der Waals surface area contributed by atoms with E-state index in [1.165, 1.54) is 0 Å². The standard InChI is InChI=1S/C23H19BrCl2N4O2S/c1-31-20-10-16(12-27-30-22(28-29-23(30)33)15-5-3-2-4-6-15)17(24)11-21(20)32-13-14-7-8-18(25)19(26)9-14/h2-11,27H,12-13H2,1H3,(H,29,33). The number of ether oxygens (including phenoxy) is 2. The fourth-order valence-electron chi connectivity index (χ4n) is 3.16. The molecule has 0 saturated heterocycles. The van der Waals surface area contributed by atoms with Crippen LogP contribution in [0.4, 0.5) is 0 Å². The molecule has 0 aliphatic rings. The molecule has 170 valence electrons. The fraction of sp³-hybridized carbons (Fsp3) is 0.130. The Labute approximate surface area is 214 Å². The third-order valence-electron chi connectivity index (χ3n) is 4.84. The average Bonchev–Trinajstić information content (AvgIpc) is 3.20. The number of hydrogen-bond donors (Lipinski definition) is 2. The number of H-pyrrole nitrogens is 1. The largest absolute Gasteiger partial charge is 0.493 e. The molecule has 0 unspecified atom stereocenters. The van der Waals surface area contributed by atoms with E-state index in [0.717, 1.165) is 21.2 Å². The summed E-state index contributed by atoms with van der Waals surface area (Å²) >= 11 is 21.1. The zero-order chi connectivity index (χ0) is 23.4.